The van der Waals surface area contributed by atoms with E-state index in [0.29, 0.717) is 17.6 Å². The van der Waals surface area contributed by atoms with Crippen molar-refractivity contribution in [1.29, 1.82) is 0 Å². The Morgan fingerprint density at radius 2 is 1.85 bits per heavy atom. The Hall–Kier alpha value is -1.68. The molecule has 1 aliphatic heterocycles. The highest BCUT2D eigenvalue weighted by molar-refractivity contribution is 9.10. The van der Waals surface area contributed by atoms with Gasteiger partial charge in [0.25, 0.3) is 5.91 Å². The number of carbonyl (C=O) groups excluding carboxylic acids is 1. The Labute approximate surface area is 125 Å². The Balaban J connectivity index is 1.90. The van der Waals surface area contributed by atoms with Crippen LogP contribution in [-0.4, -0.2) is 17.4 Å². The van der Waals surface area contributed by atoms with E-state index in [1.165, 1.54) is 11.6 Å². The average molecular weight is 334 g/mol. The molecule has 0 radical (unpaired) electrons. The standard InChI is InChI=1S/C16H13BrFNO/c17-13-6-3-7-14(18)15(13)16(20)19-9-8-11-4-1-2-5-12(11)10-19/h1-7H,8-10H2. The van der Waals surface area contributed by atoms with E-state index in [1.807, 2.05) is 18.2 Å². The molecular formula is C16H13BrFNO. The molecule has 1 amide bonds. The largest absolute Gasteiger partial charge is 0.334 e. The highest BCUT2D eigenvalue weighted by atomic mass is 79.9. The SMILES string of the molecule is O=C(c1c(F)cccc1Br)N1CCc2ccccc2C1. The molecule has 1 heterocycles. The third-order valence-corrected chi connectivity index (χ3v) is 4.26. The molecule has 2 aromatic rings. The quantitative estimate of drug-likeness (QED) is 0.777. The zero-order valence-corrected chi connectivity index (χ0v) is 12.4. The van der Waals surface area contributed by atoms with Gasteiger partial charge in [-0.1, -0.05) is 30.3 Å². The van der Waals surface area contributed by atoms with Gasteiger partial charge in [0, 0.05) is 17.6 Å². The summed E-state index contributed by atoms with van der Waals surface area (Å²) < 4.78 is 14.4. The summed E-state index contributed by atoms with van der Waals surface area (Å²) in [6.45, 7) is 1.16. The summed E-state index contributed by atoms with van der Waals surface area (Å²) in [7, 11) is 0. The second-order valence-corrected chi connectivity index (χ2v) is 5.70. The molecule has 1 aliphatic rings. The van der Waals surface area contributed by atoms with Crippen LogP contribution in [0.1, 0.15) is 21.5 Å². The van der Waals surface area contributed by atoms with Crippen molar-refractivity contribution >= 4 is 21.8 Å². The zero-order valence-electron chi connectivity index (χ0n) is 10.8. The number of amides is 1. The second kappa shape index (κ2) is 5.37. The van der Waals surface area contributed by atoms with E-state index < -0.39 is 5.82 Å². The summed E-state index contributed by atoms with van der Waals surface area (Å²) in [6.07, 6.45) is 0.813. The molecule has 2 aromatic carbocycles. The molecule has 0 aromatic heterocycles. The lowest BCUT2D eigenvalue weighted by atomic mass is 9.99. The van der Waals surface area contributed by atoms with Gasteiger partial charge in [-0.25, -0.2) is 4.39 Å². The fourth-order valence-electron chi connectivity index (χ4n) is 2.53. The summed E-state index contributed by atoms with van der Waals surface area (Å²) in [5.41, 5.74) is 2.52. The summed E-state index contributed by atoms with van der Waals surface area (Å²) in [5.74, 6) is -0.743. The summed E-state index contributed by atoms with van der Waals surface area (Å²) in [4.78, 5) is 14.2. The van der Waals surface area contributed by atoms with Gasteiger partial charge in [-0.15, -0.1) is 0 Å². The van der Waals surface area contributed by atoms with E-state index in [2.05, 4.69) is 22.0 Å². The molecule has 0 bridgehead atoms. The van der Waals surface area contributed by atoms with Crippen molar-refractivity contribution in [2.24, 2.45) is 0 Å². The first-order valence-corrected chi connectivity index (χ1v) is 7.26. The number of carbonyl (C=O) groups is 1. The second-order valence-electron chi connectivity index (χ2n) is 4.84. The normalized spacial score (nSPS) is 14.0. The minimum Gasteiger partial charge on any atom is -0.334 e. The van der Waals surface area contributed by atoms with Crippen LogP contribution in [0.5, 0.6) is 0 Å². The Morgan fingerprint density at radius 1 is 1.10 bits per heavy atom. The number of rotatable bonds is 1. The van der Waals surface area contributed by atoms with Crippen LogP contribution in [0.15, 0.2) is 46.9 Å². The number of halogens is 2. The molecule has 0 atom stereocenters. The molecular weight excluding hydrogens is 321 g/mol. The smallest absolute Gasteiger partial charge is 0.258 e. The van der Waals surface area contributed by atoms with E-state index in [9.17, 15) is 9.18 Å². The number of benzene rings is 2. The summed E-state index contributed by atoms with van der Waals surface area (Å²) in [6, 6.07) is 12.7. The van der Waals surface area contributed by atoms with Crippen LogP contribution >= 0.6 is 15.9 Å². The Bertz CT molecular complexity index is 651. The molecule has 0 saturated carbocycles. The van der Waals surface area contributed by atoms with Gasteiger partial charge < -0.3 is 4.90 Å². The Kier molecular flexibility index (Phi) is 3.57. The first kappa shape index (κ1) is 13.3. The van der Waals surface area contributed by atoms with Crippen molar-refractivity contribution in [1.82, 2.24) is 4.90 Å². The summed E-state index contributed by atoms with van der Waals surface area (Å²) in [5, 5.41) is 0. The number of nitrogens with zero attached hydrogens (tertiary/aromatic N) is 1. The van der Waals surface area contributed by atoms with Gasteiger partial charge in [0.15, 0.2) is 0 Å². The molecule has 2 nitrogen and oxygen atoms in total. The zero-order chi connectivity index (χ0) is 14.1. The maximum Gasteiger partial charge on any atom is 0.258 e. The van der Waals surface area contributed by atoms with Crippen LogP contribution in [0, 0.1) is 5.82 Å². The first-order valence-electron chi connectivity index (χ1n) is 6.47. The van der Waals surface area contributed by atoms with Crippen molar-refractivity contribution < 1.29 is 9.18 Å². The van der Waals surface area contributed by atoms with Gasteiger partial charge in [-0.3, -0.25) is 4.79 Å². The first-order chi connectivity index (χ1) is 9.66. The highest BCUT2D eigenvalue weighted by Gasteiger charge is 2.25. The average Bonchev–Trinajstić information content (AvgIpc) is 2.46. The fraction of sp³-hybridized carbons (Fsp3) is 0.188. The molecule has 102 valence electrons. The van der Waals surface area contributed by atoms with Crippen LogP contribution < -0.4 is 0 Å². The van der Waals surface area contributed by atoms with Gasteiger partial charge in [0.1, 0.15) is 5.82 Å². The lowest BCUT2D eigenvalue weighted by Crippen LogP contribution is -2.36. The number of hydrogen-bond donors (Lipinski definition) is 0. The van der Waals surface area contributed by atoms with Crippen molar-refractivity contribution in [3.8, 4) is 0 Å². The number of fused-ring (bicyclic) bond motifs is 1. The van der Waals surface area contributed by atoms with Crippen LogP contribution in [0.4, 0.5) is 4.39 Å². The van der Waals surface area contributed by atoms with Gasteiger partial charge in [-0.05, 0) is 45.6 Å². The number of hydrogen-bond acceptors (Lipinski definition) is 1. The van der Waals surface area contributed by atoms with Crippen molar-refractivity contribution in [3.63, 3.8) is 0 Å². The van der Waals surface area contributed by atoms with Crippen LogP contribution in [0.25, 0.3) is 0 Å². The lowest BCUT2D eigenvalue weighted by molar-refractivity contribution is 0.0729. The predicted octanol–water partition coefficient (Wildman–Crippen LogP) is 3.79. The van der Waals surface area contributed by atoms with Crippen LogP contribution in [0.3, 0.4) is 0 Å². The third-order valence-electron chi connectivity index (χ3n) is 3.59. The van der Waals surface area contributed by atoms with Crippen molar-refractivity contribution in [2.75, 3.05) is 6.54 Å². The summed E-state index contributed by atoms with van der Waals surface area (Å²) >= 11 is 3.26. The van der Waals surface area contributed by atoms with Gasteiger partial charge >= 0.3 is 0 Å². The molecule has 0 unspecified atom stereocenters. The molecule has 0 fully saturated rings. The van der Waals surface area contributed by atoms with Gasteiger partial charge in [0.2, 0.25) is 0 Å². The van der Waals surface area contributed by atoms with Gasteiger partial charge in [-0.2, -0.15) is 0 Å². The molecule has 0 saturated heterocycles. The molecule has 4 heteroatoms. The van der Waals surface area contributed by atoms with E-state index in [0.717, 1.165) is 12.0 Å². The van der Waals surface area contributed by atoms with E-state index in [1.54, 1.807) is 17.0 Å². The van der Waals surface area contributed by atoms with Gasteiger partial charge in [0.05, 0.1) is 5.56 Å². The van der Waals surface area contributed by atoms with Crippen LogP contribution in [-0.2, 0) is 13.0 Å². The highest BCUT2D eigenvalue weighted by Crippen LogP contribution is 2.25. The third kappa shape index (κ3) is 2.36. The minimum absolute atomic E-state index is 0.117. The maximum absolute atomic E-state index is 13.9. The minimum atomic E-state index is -0.483. The van der Waals surface area contributed by atoms with Crippen LogP contribution in [0.2, 0.25) is 0 Å². The van der Waals surface area contributed by atoms with Crippen molar-refractivity contribution in [3.05, 3.63) is 69.4 Å². The van der Waals surface area contributed by atoms with Crippen molar-refractivity contribution in [2.45, 2.75) is 13.0 Å². The van der Waals surface area contributed by atoms with E-state index >= 15 is 0 Å². The monoisotopic (exact) mass is 333 g/mol. The molecule has 0 aliphatic carbocycles. The fourth-order valence-corrected chi connectivity index (χ4v) is 3.04. The molecule has 0 N–H and O–H groups in total. The van der Waals surface area contributed by atoms with E-state index in [-0.39, 0.29) is 11.5 Å². The molecule has 0 spiro atoms. The predicted molar refractivity (Wildman–Crippen MR) is 79.0 cm³/mol. The van der Waals surface area contributed by atoms with E-state index in [4.69, 9.17) is 0 Å². The molecule has 20 heavy (non-hydrogen) atoms. The Morgan fingerprint density at radius 3 is 2.60 bits per heavy atom. The lowest BCUT2D eigenvalue weighted by Gasteiger charge is -2.29. The molecule has 3 rings (SSSR count). The topological polar surface area (TPSA) is 20.3 Å². The maximum atomic E-state index is 13.9.